The number of carbonyl (C=O) groups excluding carboxylic acids is 2. The Morgan fingerprint density at radius 1 is 0.925 bits per heavy atom. The smallest absolute Gasteiger partial charge is 0.244 e. The van der Waals surface area contributed by atoms with Crippen molar-refractivity contribution < 1.29 is 27.5 Å². The lowest BCUT2D eigenvalue weighted by Crippen LogP contribution is -2.53. The fourth-order valence-corrected chi connectivity index (χ4v) is 5.56. The highest BCUT2D eigenvalue weighted by molar-refractivity contribution is 9.10. The van der Waals surface area contributed by atoms with Gasteiger partial charge >= 0.3 is 0 Å². The van der Waals surface area contributed by atoms with Crippen molar-refractivity contribution in [1.29, 1.82) is 0 Å². The van der Waals surface area contributed by atoms with Gasteiger partial charge in [0.05, 0.1) is 26.2 Å². The highest BCUT2D eigenvalue weighted by atomic mass is 79.9. The molecule has 0 aliphatic rings. The summed E-state index contributed by atoms with van der Waals surface area (Å²) >= 11 is 3.46. The molecule has 0 saturated carbocycles. The number of benzene rings is 3. The van der Waals surface area contributed by atoms with Crippen molar-refractivity contribution in [2.24, 2.45) is 0 Å². The van der Waals surface area contributed by atoms with Crippen LogP contribution in [0.2, 0.25) is 0 Å². The molecule has 0 radical (unpaired) electrons. The second-order valence-electron chi connectivity index (χ2n) is 9.06. The van der Waals surface area contributed by atoms with Crippen molar-refractivity contribution in [3.8, 4) is 11.5 Å². The number of nitrogens with one attached hydrogen (secondary N) is 1. The van der Waals surface area contributed by atoms with E-state index in [2.05, 4.69) is 21.2 Å². The fourth-order valence-electron chi connectivity index (χ4n) is 4.27. The van der Waals surface area contributed by atoms with Crippen molar-refractivity contribution in [3.63, 3.8) is 0 Å². The van der Waals surface area contributed by atoms with Crippen LogP contribution in [0.25, 0.3) is 0 Å². The number of likely N-dealkylation sites (N-methyl/N-ethyl adjacent to an activating group) is 1. The Hall–Kier alpha value is -3.57. The third kappa shape index (κ3) is 8.22. The third-order valence-electron chi connectivity index (χ3n) is 6.20. The molecule has 0 heterocycles. The molecule has 0 bridgehead atoms. The average molecular weight is 633 g/mol. The minimum absolute atomic E-state index is 0.0937. The molecule has 3 rings (SSSR count). The molecule has 0 aliphatic carbocycles. The zero-order chi connectivity index (χ0) is 29.3. The van der Waals surface area contributed by atoms with Gasteiger partial charge < -0.3 is 19.7 Å². The van der Waals surface area contributed by atoms with Gasteiger partial charge in [0.25, 0.3) is 0 Å². The SMILES string of the molecule is CCNC(=O)[C@H](Cc1ccccc1)N(Cc1cccc(Br)c1)C(=O)CN(c1ccc(OC)c(OC)c1)S(C)(=O)=O. The molecule has 0 aromatic heterocycles. The quantitative estimate of drug-likeness (QED) is 0.306. The predicted octanol–water partition coefficient (Wildman–Crippen LogP) is 4.01. The highest BCUT2D eigenvalue weighted by Crippen LogP contribution is 2.32. The molecule has 3 aromatic rings. The molecule has 0 saturated heterocycles. The molecule has 0 unspecified atom stereocenters. The fraction of sp³-hybridized carbons (Fsp3) is 0.310. The lowest BCUT2D eigenvalue weighted by atomic mass is 10.0. The van der Waals surface area contributed by atoms with Crippen molar-refractivity contribution in [2.45, 2.75) is 25.9 Å². The maximum absolute atomic E-state index is 14.1. The van der Waals surface area contributed by atoms with Crippen LogP contribution in [-0.4, -0.2) is 64.7 Å². The normalized spacial score (nSPS) is 11.8. The second-order valence-corrected chi connectivity index (χ2v) is 11.9. The van der Waals surface area contributed by atoms with Crippen molar-refractivity contribution >= 4 is 43.5 Å². The third-order valence-corrected chi connectivity index (χ3v) is 7.83. The van der Waals surface area contributed by atoms with E-state index in [4.69, 9.17) is 9.47 Å². The lowest BCUT2D eigenvalue weighted by molar-refractivity contribution is -0.140. The van der Waals surface area contributed by atoms with E-state index in [0.29, 0.717) is 18.0 Å². The van der Waals surface area contributed by atoms with Gasteiger partial charge in [-0.1, -0.05) is 58.4 Å². The lowest BCUT2D eigenvalue weighted by Gasteiger charge is -2.33. The van der Waals surface area contributed by atoms with E-state index < -0.39 is 28.5 Å². The maximum atomic E-state index is 14.1. The van der Waals surface area contributed by atoms with E-state index in [0.717, 1.165) is 26.2 Å². The Morgan fingerprint density at radius 2 is 1.60 bits per heavy atom. The molecular formula is C29H34BrN3O6S. The van der Waals surface area contributed by atoms with Crippen LogP contribution in [0.4, 0.5) is 5.69 Å². The molecule has 9 nitrogen and oxygen atoms in total. The van der Waals surface area contributed by atoms with E-state index in [-0.39, 0.29) is 24.6 Å². The number of ether oxygens (including phenoxy) is 2. The Labute approximate surface area is 244 Å². The molecule has 11 heteroatoms. The van der Waals surface area contributed by atoms with E-state index in [1.807, 2.05) is 54.6 Å². The first-order valence-corrected chi connectivity index (χ1v) is 15.3. The molecule has 2 amide bonds. The van der Waals surface area contributed by atoms with Crippen LogP contribution in [0.1, 0.15) is 18.1 Å². The topological polar surface area (TPSA) is 105 Å². The number of rotatable bonds is 13. The standard InChI is InChI=1S/C29H34BrN3O6S/c1-5-31-29(35)25(17-21-10-7-6-8-11-21)32(19-22-12-9-13-23(30)16-22)28(34)20-33(40(4,36)37)24-14-15-26(38-2)27(18-24)39-3/h6-16,18,25H,5,17,19-20H2,1-4H3,(H,31,35)/t25-/m0/s1. The molecule has 1 atom stereocenters. The molecule has 3 aromatic carbocycles. The summed E-state index contributed by atoms with van der Waals surface area (Å²) in [5, 5.41) is 2.84. The zero-order valence-corrected chi connectivity index (χ0v) is 25.4. The summed E-state index contributed by atoms with van der Waals surface area (Å²) in [6, 6.07) is 20.5. The number of methoxy groups -OCH3 is 2. The monoisotopic (exact) mass is 631 g/mol. The summed E-state index contributed by atoms with van der Waals surface area (Å²) in [5.41, 5.74) is 1.88. The van der Waals surface area contributed by atoms with Crippen LogP contribution in [0.3, 0.4) is 0 Å². The van der Waals surface area contributed by atoms with Crippen LogP contribution in [0.15, 0.2) is 77.3 Å². The van der Waals surface area contributed by atoms with E-state index in [1.54, 1.807) is 19.1 Å². The number of carbonyl (C=O) groups is 2. The van der Waals surface area contributed by atoms with Crippen LogP contribution in [0, 0.1) is 0 Å². The number of nitrogens with zero attached hydrogens (tertiary/aromatic N) is 2. The van der Waals surface area contributed by atoms with Crippen molar-refractivity contribution in [2.75, 3.05) is 37.9 Å². The zero-order valence-electron chi connectivity index (χ0n) is 23.0. The van der Waals surface area contributed by atoms with Crippen LogP contribution >= 0.6 is 15.9 Å². The molecule has 0 fully saturated rings. The average Bonchev–Trinajstić information content (AvgIpc) is 2.93. The number of hydrogen-bond donors (Lipinski definition) is 1. The number of anilines is 1. The highest BCUT2D eigenvalue weighted by Gasteiger charge is 2.33. The van der Waals surface area contributed by atoms with Gasteiger partial charge in [-0.15, -0.1) is 0 Å². The van der Waals surface area contributed by atoms with Gasteiger partial charge in [0, 0.05) is 30.0 Å². The predicted molar refractivity (Wildman–Crippen MR) is 159 cm³/mol. The van der Waals surface area contributed by atoms with Crippen molar-refractivity contribution in [1.82, 2.24) is 10.2 Å². The first-order valence-electron chi connectivity index (χ1n) is 12.6. The number of amides is 2. The summed E-state index contributed by atoms with van der Waals surface area (Å²) in [6.45, 7) is 1.76. The van der Waals surface area contributed by atoms with Crippen molar-refractivity contribution in [3.05, 3.63) is 88.4 Å². The summed E-state index contributed by atoms with van der Waals surface area (Å²) in [7, 11) is -0.986. The largest absolute Gasteiger partial charge is 0.493 e. The molecule has 0 spiro atoms. The van der Waals surface area contributed by atoms with Gasteiger partial charge in [0.15, 0.2) is 11.5 Å². The Kier molecular flexibility index (Phi) is 11.0. The molecular weight excluding hydrogens is 598 g/mol. The van der Waals surface area contributed by atoms with Gasteiger partial charge in [-0.2, -0.15) is 0 Å². The number of halogens is 1. The minimum atomic E-state index is -3.90. The summed E-state index contributed by atoms with van der Waals surface area (Å²) < 4.78 is 38.3. The van der Waals surface area contributed by atoms with E-state index >= 15 is 0 Å². The minimum Gasteiger partial charge on any atom is -0.493 e. The number of sulfonamides is 1. The van der Waals surface area contributed by atoms with Gasteiger partial charge in [-0.3, -0.25) is 13.9 Å². The van der Waals surface area contributed by atoms with E-state index in [1.165, 1.54) is 25.2 Å². The first kappa shape index (κ1) is 31.0. The Balaban J connectivity index is 2.06. The number of hydrogen-bond acceptors (Lipinski definition) is 6. The summed E-state index contributed by atoms with van der Waals surface area (Å²) in [6.07, 6.45) is 1.28. The second kappa shape index (κ2) is 14.2. The van der Waals surface area contributed by atoms with Gasteiger partial charge in [0.2, 0.25) is 21.8 Å². The first-order chi connectivity index (χ1) is 19.1. The van der Waals surface area contributed by atoms with Crippen LogP contribution < -0.4 is 19.1 Å². The Morgan fingerprint density at radius 3 is 2.20 bits per heavy atom. The van der Waals surface area contributed by atoms with Crippen LogP contribution in [-0.2, 0) is 32.6 Å². The van der Waals surface area contributed by atoms with Gasteiger partial charge in [0.1, 0.15) is 12.6 Å². The van der Waals surface area contributed by atoms with Gasteiger partial charge in [-0.05, 0) is 42.3 Å². The summed E-state index contributed by atoms with van der Waals surface area (Å²) in [4.78, 5) is 28.9. The molecule has 214 valence electrons. The van der Waals surface area contributed by atoms with Gasteiger partial charge in [-0.25, -0.2) is 8.42 Å². The molecule has 0 aliphatic heterocycles. The molecule has 40 heavy (non-hydrogen) atoms. The summed E-state index contributed by atoms with van der Waals surface area (Å²) in [5.74, 6) is -0.128. The maximum Gasteiger partial charge on any atom is 0.244 e. The molecule has 1 N–H and O–H groups in total. The van der Waals surface area contributed by atoms with E-state index in [9.17, 15) is 18.0 Å². The Bertz CT molecular complexity index is 1420. The van der Waals surface area contributed by atoms with Crippen LogP contribution in [0.5, 0.6) is 11.5 Å².